The minimum absolute atomic E-state index is 0.00880. The Morgan fingerprint density at radius 2 is 1.18 bits per heavy atom. The molecule has 0 saturated heterocycles. The van der Waals surface area contributed by atoms with Crippen molar-refractivity contribution in [1.29, 1.82) is 0 Å². The smallest absolute Gasteiger partial charge is 0.170 e. The lowest BCUT2D eigenvalue weighted by atomic mass is 9.48. The van der Waals surface area contributed by atoms with E-state index >= 15 is 0 Å². The Morgan fingerprint density at radius 3 is 1.82 bits per heavy atom. The van der Waals surface area contributed by atoms with Crippen LogP contribution in [0, 0.1) is 31.6 Å². The fourth-order valence-corrected chi connectivity index (χ4v) is 10.7. The third kappa shape index (κ3) is 17.7. The van der Waals surface area contributed by atoms with Gasteiger partial charge in [0.2, 0.25) is 0 Å². The molecule has 3 aromatic rings. The van der Waals surface area contributed by atoms with Crippen molar-refractivity contribution < 1.29 is 42.7 Å². The van der Waals surface area contributed by atoms with Gasteiger partial charge in [-0.25, -0.2) is 0 Å². The topological polar surface area (TPSA) is 98.8 Å². The lowest BCUT2D eigenvalue weighted by Crippen LogP contribution is -2.48. The average Bonchev–Trinajstić information content (AvgIpc) is 3.30. The molecule has 4 saturated carbocycles. The molecule has 0 amide bonds. The third-order valence-electron chi connectivity index (χ3n) is 13.7. The van der Waals surface area contributed by atoms with E-state index in [4.69, 9.17) is 44.8 Å². The molecule has 1 atom stereocenters. The SMILES string of the molecule is Cc1ccc(CC[C@H](Oc2ccc(C34CC5CC(CC(C5)C3)C4)cc2)c2cccc(OCC(=O)CCCOCCOCCOCC(=O)CCCOCCOCCCCCCCl)c2)cc1C. The normalized spacial score (nSPS) is 20.3. The lowest BCUT2D eigenvalue weighted by Gasteiger charge is -2.57. The molecule has 4 bridgehead atoms. The van der Waals surface area contributed by atoms with Crippen LogP contribution in [0.2, 0.25) is 0 Å². The van der Waals surface area contributed by atoms with Crippen molar-refractivity contribution in [3.8, 4) is 11.5 Å². The van der Waals surface area contributed by atoms with Gasteiger partial charge in [0.1, 0.15) is 30.8 Å². The maximum Gasteiger partial charge on any atom is 0.170 e. The number of benzene rings is 3. The molecule has 4 aliphatic carbocycles. The highest BCUT2D eigenvalue weighted by Crippen LogP contribution is 2.60. The molecule has 358 valence electrons. The number of carbonyl (C=O) groups is 2. The summed E-state index contributed by atoms with van der Waals surface area (Å²) in [5, 5.41) is 0. The standard InChI is InChI=1S/C55H77ClO9/c1-42-14-15-44(32-43(42)2)16-21-54(65-52-19-17-49(18-20-52)55-37-45-33-46(38-55)35-47(34-45)39-55)48-10-7-13-53(36-48)64-41-51(58)12-9-25-61-28-29-62-30-31-63-40-50(57)11-8-24-60-27-26-59-23-6-4-3-5-22-56/h7,10,13-15,17-20,32,36,45-47,54H,3-6,8-9,11-12,16,21-31,33-35,37-41H2,1-2H3/t45?,46?,47?,54-,55?/m0/s1. The van der Waals surface area contributed by atoms with Gasteiger partial charge in [-0.2, -0.15) is 0 Å². The summed E-state index contributed by atoms with van der Waals surface area (Å²) in [4.78, 5) is 24.8. The van der Waals surface area contributed by atoms with E-state index in [1.54, 1.807) is 0 Å². The zero-order valence-electron chi connectivity index (χ0n) is 39.5. The predicted octanol–water partition coefficient (Wildman–Crippen LogP) is 11.5. The summed E-state index contributed by atoms with van der Waals surface area (Å²) in [7, 11) is 0. The number of alkyl halides is 1. The number of Topliss-reactive ketones (excluding diaryl/α,β-unsaturated/α-hetero) is 2. The highest BCUT2D eigenvalue weighted by molar-refractivity contribution is 6.17. The number of ether oxygens (including phenoxy) is 7. The van der Waals surface area contributed by atoms with E-state index in [2.05, 4.69) is 62.4 Å². The number of ketones is 2. The highest BCUT2D eigenvalue weighted by atomic mass is 35.5. The molecule has 0 N–H and O–H groups in total. The molecule has 0 aromatic heterocycles. The molecular weight excluding hydrogens is 840 g/mol. The Balaban J connectivity index is 0.826. The summed E-state index contributed by atoms with van der Waals surface area (Å²) in [5.41, 5.74) is 6.81. The van der Waals surface area contributed by atoms with Gasteiger partial charge in [0.15, 0.2) is 11.6 Å². The van der Waals surface area contributed by atoms with E-state index in [9.17, 15) is 9.59 Å². The van der Waals surface area contributed by atoms with Gasteiger partial charge in [0.25, 0.3) is 0 Å². The van der Waals surface area contributed by atoms with Crippen LogP contribution in [-0.4, -0.2) is 90.1 Å². The van der Waals surface area contributed by atoms with Gasteiger partial charge in [-0.05, 0) is 166 Å². The van der Waals surface area contributed by atoms with Crippen LogP contribution >= 0.6 is 11.6 Å². The average molecular weight is 918 g/mol. The summed E-state index contributed by atoms with van der Waals surface area (Å²) >= 11 is 5.68. The number of hydrogen-bond acceptors (Lipinski definition) is 9. The van der Waals surface area contributed by atoms with E-state index in [1.165, 1.54) is 60.8 Å². The van der Waals surface area contributed by atoms with Gasteiger partial charge < -0.3 is 33.2 Å². The van der Waals surface area contributed by atoms with E-state index in [-0.39, 0.29) is 30.9 Å². The second kappa shape index (κ2) is 28.1. The molecule has 9 nitrogen and oxygen atoms in total. The van der Waals surface area contributed by atoms with Crippen LogP contribution in [0.5, 0.6) is 11.5 Å². The van der Waals surface area contributed by atoms with Crippen molar-refractivity contribution in [2.75, 3.05) is 78.6 Å². The Labute approximate surface area is 394 Å². The maximum atomic E-state index is 12.8. The van der Waals surface area contributed by atoms with E-state index in [0.29, 0.717) is 89.7 Å². The maximum absolute atomic E-state index is 12.8. The number of halogens is 1. The minimum Gasteiger partial charge on any atom is -0.486 e. The monoisotopic (exact) mass is 917 g/mol. The molecule has 3 aromatic carbocycles. The quantitative estimate of drug-likeness (QED) is 0.0422. The zero-order chi connectivity index (χ0) is 45.5. The molecule has 0 aliphatic heterocycles. The van der Waals surface area contributed by atoms with Gasteiger partial charge >= 0.3 is 0 Å². The second-order valence-corrected chi connectivity index (χ2v) is 19.4. The van der Waals surface area contributed by atoms with Crippen molar-refractivity contribution in [2.45, 2.75) is 128 Å². The van der Waals surface area contributed by atoms with Crippen molar-refractivity contribution >= 4 is 23.2 Å². The van der Waals surface area contributed by atoms with Crippen LogP contribution in [0.3, 0.4) is 0 Å². The predicted molar refractivity (Wildman–Crippen MR) is 258 cm³/mol. The summed E-state index contributed by atoms with van der Waals surface area (Å²) in [6, 6.07) is 23.8. The van der Waals surface area contributed by atoms with Crippen LogP contribution < -0.4 is 9.47 Å². The zero-order valence-corrected chi connectivity index (χ0v) is 40.3. The van der Waals surface area contributed by atoms with Crippen LogP contribution in [0.25, 0.3) is 0 Å². The first kappa shape index (κ1) is 51.1. The highest BCUT2D eigenvalue weighted by Gasteiger charge is 2.51. The lowest BCUT2D eigenvalue weighted by molar-refractivity contribution is -0.124. The Morgan fingerprint density at radius 1 is 0.600 bits per heavy atom. The van der Waals surface area contributed by atoms with Crippen LogP contribution in [0.4, 0.5) is 0 Å². The molecule has 10 heteroatoms. The van der Waals surface area contributed by atoms with E-state index in [0.717, 1.165) is 80.1 Å². The van der Waals surface area contributed by atoms with E-state index < -0.39 is 0 Å². The van der Waals surface area contributed by atoms with Crippen LogP contribution in [0.1, 0.15) is 130 Å². The third-order valence-corrected chi connectivity index (χ3v) is 14.0. The minimum atomic E-state index is -0.177. The number of hydrogen-bond donors (Lipinski definition) is 0. The number of unbranched alkanes of at least 4 members (excludes halogenated alkanes) is 3. The summed E-state index contributed by atoms with van der Waals surface area (Å²) < 4.78 is 40.6. The molecule has 0 spiro atoms. The molecule has 0 radical (unpaired) electrons. The van der Waals surface area contributed by atoms with Gasteiger partial charge in [0.05, 0.1) is 39.6 Å². The first-order chi connectivity index (χ1) is 31.8. The van der Waals surface area contributed by atoms with E-state index in [1.807, 2.05) is 18.2 Å². The van der Waals surface area contributed by atoms with Gasteiger partial charge in [0, 0.05) is 38.5 Å². The fourth-order valence-electron chi connectivity index (χ4n) is 10.5. The first-order valence-electron chi connectivity index (χ1n) is 24.8. The molecule has 4 fully saturated rings. The molecule has 65 heavy (non-hydrogen) atoms. The van der Waals surface area contributed by atoms with Crippen LogP contribution in [0.15, 0.2) is 66.7 Å². The van der Waals surface area contributed by atoms with Gasteiger partial charge in [-0.1, -0.05) is 55.3 Å². The summed E-state index contributed by atoms with van der Waals surface area (Å²) in [6.45, 7) is 8.86. The van der Waals surface area contributed by atoms with Gasteiger partial charge in [-0.3, -0.25) is 9.59 Å². The number of carbonyl (C=O) groups excluding carboxylic acids is 2. The fraction of sp³-hybridized carbons (Fsp3) is 0.636. The number of rotatable bonds is 35. The first-order valence-corrected chi connectivity index (χ1v) is 25.4. The van der Waals surface area contributed by atoms with Crippen molar-refractivity contribution in [1.82, 2.24) is 0 Å². The molecule has 4 aliphatic rings. The van der Waals surface area contributed by atoms with Crippen molar-refractivity contribution in [3.05, 3.63) is 94.5 Å². The Bertz CT molecular complexity index is 1810. The van der Waals surface area contributed by atoms with Gasteiger partial charge in [-0.15, -0.1) is 11.6 Å². The van der Waals surface area contributed by atoms with Crippen molar-refractivity contribution in [2.24, 2.45) is 17.8 Å². The molecule has 0 heterocycles. The molecular formula is C55H77ClO9. The largest absolute Gasteiger partial charge is 0.486 e. The summed E-state index contributed by atoms with van der Waals surface area (Å²) in [6.07, 6.45) is 16.4. The number of aryl methyl sites for hydroxylation is 3. The summed E-state index contributed by atoms with van der Waals surface area (Å²) in [5.74, 6) is 5.11. The van der Waals surface area contributed by atoms with Crippen LogP contribution in [-0.2, 0) is 45.1 Å². The Hall–Kier alpha value is -3.31. The Kier molecular flexibility index (Phi) is 22.1. The van der Waals surface area contributed by atoms with Crippen molar-refractivity contribution in [3.63, 3.8) is 0 Å². The molecule has 0 unspecified atom stereocenters. The second-order valence-electron chi connectivity index (χ2n) is 19.0. The molecule has 7 rings (SSSR count).